The SMILES string of the molecule is COc1cc(-c2cn(C)c(=O)c(C)c2C)cc(Cl)c1CN1CCC(N(C)C(=O)N2CCC(c3ccc(NC4CCC(=O)NC4=O)cc3C(F)(F)F)CC2)CC1. The molecule has 3 aliphatic heterocycles. The number of amides is 4. The number of nitrogens with one attached hydrogen (secondary N) is 2. The molecule has 3 saturated heterocycles. The lowest BCUT2D eigenvalue weighted by Gasteiger charge is -2.41. The number of aryl methyl sites for hydroxylation is 1. The van der Waals surface area contributed by atoms with Gasteiger partial charge in [0.05, 0.1) is 12.7 Å². The fraction of sp³-hybridized carbons (Fsp3) is 0.500. The van der Waals surface area contributed by atoms with Gasteiger partial charge in [-0.3, -0.25) is 24.6 Å². The first-order chi connectivity index (χ1) is 26.0. The fourth-order valence-corrected chi connectivity index (χ4v) is 8.37. The highest BCUT2D eigenvalue weighted by Gasteiger charge is 2.38. The smallest absolute Gasteiger partial charge is 0.416 e. The monoisotopic (exact) mass is 784 g/mol. The summed E-state index contributed by atoms with van der Waals surface area (Å²) < 4.78 is 50.2. The largest absolute Gasteiger partial charge is 0.496 e. The van der Waals surface area contributed by atoms with Gasteiger partial charge in [0.1, 0.15) is 11.8 Å². The van der Waals surface area contributed by atoms with Gasteiger partial charge in [0, 0.05) is 92.9 Å². The maximum atomic E-state index is 14.3. The Morgan fingerprint density at radius 2 is 1.69 bits per heavy atom. The number of pyridine rings is 1. The van der Waals surface area contributed by atoms with Crippen LogP contribution in [0, 0.1) is 13.8 Å². The van der Waals surface area contributed by atoms with Crippen molar-refractivity contribution in [3.63, 3.8) is 0 Å². The zero-order valence-electron chi connectivity index (χ0n) is 31.8. The number of ether oxygens (including phenoxy) is 1. The highest BCUT2D eigenvalue weighted by atomic mass is 35.5. The Morgan fingerprint density at radius 3 is 2.33 bits per heavy atom. The van der Waals surface area contributed by atoms with Crippen LogP contribution < -0.4 is 20.9 Å². The highest BCUT2D eigenvalue weighted by molar-refractivity contribution is 6.32. The van der Waals surface area contributed by atoms with Crippen LogP contribution in [0.15, 0.2) is 41.3 Å². The molecule has 2 N–H and O–H groups in total. The molecule has 2 aromatic carbocycles. The van der Waals surface area contributed by atoms with Crippen molar-refractivity contribution in [1.82, 2.24) is 24.6 Å². The summed E-state index contributed by atoms with van der Waals surface area (Å²) >= 11 is 6.87. The van der Waals surface area contributed by atoms with Crippen molar-refractivity contribution in [2.45, 2.75) is 83.1 Å². The van der Waals surface area contributed by atoms with Gasteiger partial charge in [0.25, 0.3) is 5.56 Å². The summed E-state index contributed by atoms with van der Waals surface area (Å²) in [6, 6.07) is 7.00. The van der Waals surface area contributed by atoms with Crippen LogP contribution in [-0.2, 0) is 29.4 Å². The van der Waals surface area contributed by atoms with Gasteiger partial charge >= 0.3 is 12.2 Å². The Bertz CT molecular complexity index is 2020. The number of aromatic nitrogens is 1. The first-order valence-electron chi connectivity index (χ1n) is 18.6. The van der Waals surface area contributed by atoms with Crippen molar-refractivity contribution in [3.8, 4) is 16.9 Å². The molecule has 0 spiro atoms. The molecule has 1 atom stereocenters. The predicted octanol–water partition coefficient (Wildman–Crippen LogP) is 6.46. The van der Waals surface area contributed by atoms with Crippen LogP contribution in [-0.4, -0.2) is 89.5 Å². The Balaban J connectivity index is 1.04. The van der Waals surface area contributed by atoms with Crippen molar-refractivity contribution in [2.75, 3.05) is 45.7 Å². The molecule has 55 heavy (non-hydrogen) atoms. The Hall–Kier alpha value is -4.56. The number of rotatable bonds is 8. The molecule has 11 nitrogen and oxygen atoms in total. The van der Waals surface area contributed by atoms with E-state index < -0.39 is 29.6 Å². The second-order valence-corrected chi connectivity index (χ2v) is 15.4. The minimum atomic E-state index is -4.61. The summed E-state index contributed by atoms with van der Waals surface area (Å²) in [6.45, 7) is 6.46. The van der Waals surface area contributed by atoms with E-state index in [0.29, 0.717) is 48.8 Å². The lowest BCUT2D eigenvalue weighted by atomic mass is 9.86. The normalized spacial score (nSPS) is 19.0. The van der Waals surface area contributed by atoms with Gasteiger partial charge in [-0.25, -0.2) is 4.79 Å². The molecule has 1 aromatic heterocycles. The molecule has 0 saturated carbocycles. The number of carbonyl (C=O) groups is 3. The second kappa shape index (κ2) is 16.3. The van der Waals surface area contributed by atoms with Crippen molar-refractivity contribution in [3.05, 3.63) is 79.7 Å². The van der Waals surface area contributed by atoms with Gasteiger partial charge in [0.15, 0.2) is 0 Å². The fourth-order valence-electron chi connectivity index (χ4n) is 8.10. The van der Waals surface area contributed by atoms with Crippen LogP contribution in [0.1, 0.15) is 72.3 Å². The molecule has 3 fully saturated rings. The number of carbonyl (C=O) groups excluding carboxylic acids is 3. The van der Waals surface area contributed by atoms with Crippen LogP contribution in [0.4, 0.5) is 23.7 Å². The summed E-state index contributed by atoms with van der Waals surface area (Å²) in [5.41, 5.74) is 3.75. The zero-order chi connectivity index (χ0) is 39.8. The van der Waals surface area contributed by atoms with Crippen LogP contribution >= 0.6 is 11.6 Å². The molecule has 3 aliphatic rings. The van der Waals surface area contributed by atoms with E-state index in [9.17, 15) is 32.3 Å². The van der Waals surface area contributed by atoms with Gasteiger partial charge in [-0.15, -0.1) is 0 Å². The molecule has 3 aromatic rings. The number of alkyl halides is 3. The lowest BCUT2D eigenvalue weighted by molar-refractivity contribution is -0.138. The van der Waals surface area contributed by atoms with E-state index in [1.165, 1.54) is 6.07 Å². The van der Waals surface area contributed by atoms with Gasteiger partial charge in [-0.1, -0.05) is 17.7 Å². The number of likely N-dealkylation sites (tertiary alicyclic amines) is 2. The Kier molecular flexibility index (Phi) is 11.9. The third-order valence-electron chi connectivity index (χ3n) is 11.5. The number of imide groups is 1. The maximum absolute atomic E-state index is 14.3. The van der Waals surface area contributed by atoms with E-state index in [0.717, 1.165) is 54.3 Å². The van der Waals surface area contributed by atoms with E-state index in [4.69, 9.17) is 16.3 Å². The van der Waals surface area contributed by atoms with E-state index in [-0.39, 0.29) is 47.6 Å². The minimum absolute atomic E-state index is 0.0124. The summed E-state index contributed by atoms with van der Waals surface area (Å²) in [6.07, 6.45) is -0.191. The third-order valence-corrected chi connectivity index (χ3v) is 11.9. The number of halogens is 4. The molecule has 4 amide bonds. The van der Waals surface area contributed by atoms with E-state index >= 15 is 0 Å². The molecular weight excluding hydrogens is 737 g/mol. The van der Waals surface area contributed by atoms with Gasteiger partial charge in [-0.2, -0.15) is 13.2 Å². The van der Waals surface area contributed by atoms with Gasteiger partial charge < -0.3 is 24.4 Å². The van der Waals surface area contributed by atoms with E-state index in [2.05, 4.69) is 15.5 Å². The third kappa shape index (κ3) is 8.65. The predicted molar refractivity (Wildman–Crippen MR) is 204 cm³/mol. The molecule has 0 aliphatic carbocycles. The molecule has 0 radical (unpaired) electrons. The maximum Gasteiger partial charge on any atom is 0.416 e. The molecule has 0 bridgehead atoms. The molecule has 4 heterocycles. The van der Waals surface area contributed by atoms with Crippen LogP contribution in [0.5, 0.6) is 5.75 Å². The molecule has 6 rings (SSSR count). The number of benzene rings is 2. The first-order valence-corrected chi connectivity index (χ1v) is 19.0. The summed E-state index contributed by atoms with van der Waals surface area (Å²) in [7, 11) is 5.14. The average Bonchev–Trinajstić information content (AvgIpc) is 3.16. The van der Waals surface area contributed by atoms with Gasteiger partial charge in [0.2, 0.25) is 11.8 Å². The number of hydrogen-bond donors (Lipinski definition) is 2. The van der Waals surface area contributed by atoms with E-state index in [1.54, 1.807) is 41.6 Å². The molecule has 15 heteroatoms. The van der Waals surface area contributed by atoms with Crippen LogP contribution in [0.3, 0.4) is 0 Å². The first kappa shape index (κ1) is 40.1. The summed E-state index contributed by atoms with van der Waals surface area (Å²) in [5, 5.41) is 5.63. The number of nitrogens with zero attached hydrogens (tertiary/aromatic N) is 4. The number of piperidine rings is 3. The topological polar surface area (TPSA) is 116 Å². The molecule has 296 valence electrons. The number of anilines is 1. The Morgan fingerprint density at radius 1 is 1.00 bits per heavy atom. The van der Waals surface area contributed by atoms with Crippen molar-refractivity contribution >= 4 is 35.1 Å². The number of urea groups is 1. The average molecular weight is 785 g/mol. The number of hydrogen-bond acceptors (Lipinski definition) is 7. The minimum Gasteiger partial charge on any atom is -0.496 e. The summed E-state index contributed by atoms with van der Waals surface area (Å²) in [4.78, 5) is 55.5. The Labute approximate surface area is 323 Å². The summed E-state index contributed by atoms with van der Waals surface area (Å²) in [5.74, 6) is -0.679. The lowest BCUT2D eigenvalue weighted by Crippen LogP contribution is -2.51. The van der Waals surface area contributed by atoms with Gasteiger partial charge in [-0.05, 0) is 92.8 Å². The quantitative estimate of drug-likeness (QED) is 0.252. The standard InChI is InChI=1S/C40H48ClF3N6O5/c1-23-24(2)38(53)47(3)21-30(23)26-18-33(41)31(35(19-26)55-5)22-49-14-12-28(13-15-49)48(4)39(54)50-16-10-25(11-17-50)29-7-6-27(20-32(29)40(42,43)44)45-34-8-9-36(51)46-37(34)52/h6-7,18-21,25,28,34,45H,8-17,22H2,1-5H3,(H,46,51,52). The van der Waals surface area contributed by atoms with Crippen molar-refractivity contribution in [1.29, 1.82) is 0 Å². The van der Waals surface area contributed by atoms with E-state index in [1.807, 2.05) is 32.2 Å². The second-order valence-electron chi connectivity index (χ2n) is 15.0. The molecule has 1 unspecified atom stereocenters. The van der Waals surface area contributed by atoms with Crippen LogP contribution in [0.25, 0.3) is 11.1 Å². The highest BCUT2D eigenvalue weighted by Crippen LogP contribution is 2.41. The molecular formula is C40H48ClF3N6O5. The van der Waals surface area contributed by atoms with Crippen molar-refractivity contribution < 1.29 is 32.3 Å². The van der Waals surface area contributed by atoms with Crippen molar-refractivity contribution in [2.24, 2.45) is 7.05 Å². The van der Waals surface area contributed by atoms with Crippen LogP contribution in [0.2, 0.25) is 5.02 Å². The zero-order valence-corrected chi connectivity index (χ0v) is 32.6. The number of methoxy groups -OCH3 is 1.